The highest BCUT2D eigenvalue weighted by Crippen LogP contribution is 2.65. The molecule has 1 spiro atoms. The first kappa shape index (κ1) is 19.5. The van der Waals surface area contributed by atoms with E-state index in [2.05, 4.69) is 13.8 Å². The number of ketones is 1. The molecule has 1 saturated heterocycles. The van der Waals surface area contributed by atoms with Gasteiger partial charge in [-0.2, -0.15) is 0 Å². The van der Waals surface area contributed by atoms with E-state index in [1.165, 1.54) is 0 Å². The van der Waals surface area contributed by atoms with Gasteiger partial charge < -0.3 is 0 Å². The van der Waals surface area contributed by atoms with E-state index in [1.54, 1.807) is 0 Å². The van der Waals surface area contributed by atoms with Gasteiger partial charge in [-0.1, -0.05) is 13.8 Å². The molecule has 4 saturated carbocycles. The Kier molecular flexibility index (Phi) is 3.92. The van der Waals surface area contributed by atoms with Crippen LogP contribution in [-0.2, 0) is 24.5 Å². The standard InChI is InChI=1S/C21H32O5S2/c1-19-4-3-14-7-16-9-18(22)12-20(16,2)10-15(14)8-17(19)11-21(13-19)27(23,24)5-6-28(21,25)26/h14-17H,3-13H2,1-2H3/t14-,15+,16+,17-,19-,20+/m1/s1. The minimum absolute atomic E-state index is 0.0980. The van der Waals surface area contributed by atoms with Gasteiger partial charge in [0.2, 0.25) is 0 Å². The summed E-state index contributed by atoms with van der Waals surface area (Å²) in [6.07, 6.45) is 7.10. The quantitative estimate of drug-likeness (QED) is 0.592. The summed E-state index contributed by atoms with van der Waals surface area (Å²) >= 11 is 0. The summed E-state index contributed by atoms with van der Waals surface area (Å²) in [7, 11) is -7.20. The van der Waals surface area contributed by atoms with Crippen molar-refractivity contribution in [3.05, 3.63) is 0 Å². The van der Waals surface area contributed by atoms with Crippen molar-refractivity contribution in [2.24, 2.45) is 34.5 Å². The molecule has 5 nitrogen and oxygen atoms in total. The average Bonchev–Trinajstić information content (AvgIpc) is 3.07. The van der Waals surface area contributed by atoms with Crippen LogP contribution in [0.5, 0.6) is 0 Å². The maximum Gasteiger partial charge on any atom is 0.174 e. The van der Waals surface area contributed by atoms with Crippen molar-refractivity contribution in [3.8, 4) is 0 Å². The minimum Gasteiger partial charge on any atom is -0.300 e. The summed E-state index contributed by atoms with van der Waals surface area (Å²) in [5.74, 6) is 1.77. The highest BCUT2D eigenvalue weighted by Gasteiger charge is 2.68. The van der Waals surface area contributed by atoms with Crippen molar-refractivity contribution in [1.29, 1.82) is 0 Å². The van der Waals surface area contributed by atoms with Gasteiger partial charge in [0.05, 0.1) is 11.5 Å². The lowest BCUT2D eigenvalue weighted by molar-refractivity contribution is -0.118. The van der Waals surface area contributed by atoms with E-state index < -0.39 is 23.8 Å². The van der Waals surface area contributed by atoms with Crippen LogP contribution in [0.2, 0.25) is 0 Å². The zero-order chi connectivity index (χ0) is 20.2. The number of rotatable bonds is 0. The molecule has 0 amide bonds. The van der Waals surface area contributed by atoms with Crippen LogP contribution in [0.4, 0.5) is 0 Å². The summed E-state index contributed by atoms with van der Waals surface area (Å²) in [5, 5.41) is 0. The van der Waals surface area contributed by atoms with Gasteiger partial charge in [-0.05, 0) is 79.4 Å². The second-order valence-electron chi connectivity index (χ2n) is 11.3. The SMILES string of the molecule is C[C@]12CC(=O)C[C@@H]1C[C@H]1CC[C@]3(C)CC4(C[C@H]3C[C@H]1C2)S(=O)(=O)CCS4(=O)=O. The van der Waals surface area contributed by atoms with Gasteiger partial charge in [0.1, 0.15) is 5.78 Å². The van der Waals surface area contributed by atoms with Crippen LogP contribution in [0.15, 0.2) is 0 Å². The smallest absolute Gasteiger partial charge is 0.174 e. The molecule has 0 aromatic heterocycles. The molecule has 0 radical (unpaired) electrons. The van der Waals surface area contributed by atoms with E-state index in [0.717, 1.165) is 38.5 Å². The predicted molar refractivity (Wildman–Crippen MR) is 107 cm³/mol. The van der Waals surface area contributed by atoms with E-state index in [9.17, 15) is 21.6 Å². The molecule has 5 rings (SSSR count). The molecule has 0 N–H and O–H groups in total. The number of carbonyl (C=O) groups excluding carboxylic acids is 1. The molecule has 1 heterocycles. The molecule has 5 fully saturated rings. The third kappa shape index (κ3) is 2.44. The number of hydrogen-bond donors (Lipinski definition) is 0. The number of carbonyl (C=O) groups is 1. The van der Waals surface area contributed by atoms with E-state index >= 15 is 0 Å². The third-order valence-corrected chi connectivity index (χ3v) is 15.8. The van der Waals surface area contributed by atoms with Crippen molar-refractivity contribution >= 4 is 25.5 Å². The fourth-order valence-electron chi connectivity index (χ4n) is 8.00. The van der Waals surface area contributed by atoms with Crippen LogP contribution in [0.3, 0.4) is 0 Å². The van der Waals surface area contributed by atoms with Crippen molar-refractivity contribution in [1.82, 2.24) is 0 Å². The molecule has 1 aliphatic heterocycles. The molecule has 0 aromatic rings. The summed E-state index contributed by atoms with van der Waals surface area (Å²) < 4.78 is 50.0. The Balaban J connectivity index is 1.47. The first-order valence-electron chi connectivity index (χ1n) is 10.9. The Morgan fingerprint density at radius 2 is 1.50 bits per heavy atom. The third-order valence-electron chi connectivity index (χ3n) is 9.69. The molecule has 6 atom stereocenters. The van der Waals surface area contributed by atoms with Crippen molar-refractivity contribution in [2.45, 2.75) is 75.7 Å². The predicted octanol–water partition coefficient (Wildman–Crippen LogP) is 3.14. The molecule has 5 aliphatic rings. The molecule has 7 heteroatoms. The van der Waals surface area contributed by atoms with Crippen molar-refractivity contribution in [3.63, 3.8) is 0 Å². The summed E-state index contributed by atoms with van der Waals surface area (Å²) in [4.78, 5) is 12.1. The first-order chi connectivity index (χ1) is 12.9. The van der Waals surface area contributed by atoms with Crippen LogP contribution in [0.25, 0.3) is 0 Å². The minimum atomic E-state index is -3.60. The molecule has 0 aromatic carbocycles. The maximum absolute atomic E-state index is 12.9. The lowest BCUT2D eigenvalue weighted by atomic mass is 9.60. The van der Waals surface area contributed by atoms with Crippen LogP contribution < -0.4 is 0 Å². The van der Waals surface area contributed by atoms with Crippen LogP contribution in [0, 0.1) is 34.5 Å². The van der Waals surface area contributed by atoms with Gasteiger partial charge in [-0.3, -0.25) is 4.79 Å². The summed E-state index contributed by atoms with van der Waals surface area (Å²) in [5.41, 5.74) is -0.103. The summed E-state index contributed by atoms with van der Waals surface area (Å²) in [6, 6.07) is 0. The highest BCUT2D eigenvalue weighted by molar-refractivity contribution is 8.13. The Morgan fingerprint density at radius 1 is 0.857 bits per heavy atom. The van der Waals surface area contributed by atoms with Gasteiger partial charge >= 0.3 is 0 Å². The molecular formula is C21H32O5S2. The molecule has 28 heavy (non-hydrogen) atoms. The lowest BCUT2D eigenvalue weighted by Crippen LogP contribution is -2.40. The van der Waals surface area contributed by atoms with Crippen molar-refractivity contribution < 1.29 is 21.6 Å². The van der Waals surface area contributed by atoms with E-state index in [-0.39, 0.29) is 28.3 Å². The van der Waals surface area contributed by atoms with Gasteiger partial charge in [-0.15, -0.1) is 0 Å². The van der Waals surface area contributed by atoms with Gasteiger partial charge in [0.25, 0.3) is 0 Å². The molecule has 158 valence electrons. The monoisotopic (exact) mass is 428 g/mol. The average molecular weight is 429 g/mol. The molecule has 0 bridgehead atoms. The number of hydrogen-bond acceptors (Lipinski definition) is 5. The molecule has 4 aliphatic carbocycles. The van der Waals surface area contributed by atoms with Crippen LogP contribution in [-0.4, -0.2) is 38.2 Å². The normalized spacial score (nSPS) is 50.7. The fraction of sp³-hybridized carbons (Fsp3) is 0.952. The van der Waals surface area contributed by atoms with E-state index in [4.69, 9.17) is 0 Å². The van der Waals surface area contributed by atoms with Crippen molar-refractivity contribution in [2.75, 3.05) is 11.5 Å². The molecule has 0 unspecified atom stereocenters. The highest BCUT2D eigenvalue weighted by atomic mass is 32.3. The number of sulfone groups is 2. The van der Waals surface area contributed by atoms with Gasteiger partial charge in [-0.25, -0.2) is 16.8 Å². The van der Waals surface area contributed by atoms with Gasteiger partial charge in [0.15, 0.2) is 23.8 Å². The summed E-state index contributed by atoms with van der Waals surface area (Å²) in [6.45, 7) is 4.42. The maximum atomic E-state index is 12.9. The number of Topliss-reactive ketones (excluding diaryl/α,β-unsaturated/α-hetero) is 1. The first-order valence-corrected chi connectivity index (χ1v) is 14.2. The van der Waals surface area contributed by atoms with Gasteiger partial charge in [0, 0.05) is 12.8 Å². The lowest BCUT2D eigenvalue weighted by Gasteiger charge is -2.45. The van der Waals surface area contributed by atoms with Crippen LogP contribution >= 0.6 is 0 Å². The Bertz CT molecular complexity index is 902. The largest absolute Gasteiger partial charge is 0.300 e. The Labute approximate surface area is 168 Å². The Morgan fingerprint density at radius 3 is 2.18 bits per heavy atom. The van der Waals surface area contributed by atoms with E-state index in [0.29, 0.717) is 42.8 Å². The second kappa shape index (κ2) is 5.63. The van der Waals surface area contributed by atoms with Crippen LogP contribution in [0.1, 0.15) is 71.6 Å². The topological polar surface area (TPSA) is 85.3 Å². The second-order valence-corrected chi connectivity index (χ2v) is 16.4. The van der Waals surface area contributed by atoms with E-state index in [1.807, 2.05) is 0 Å². The zero-order valence-corrected chi connectivity index (χ0v) is 18.6. The molecular weight excluding hydrogens is 396 g/mol. The zero-order valence-electron chi connectivity index (χ0n) is 16.9. The fourth-order valence-corrected chi connectivity index (χ4v) is 14.6. The number of fused-ring (bicyclic) bond motifs is 3. The Hall–Kier alpha value is -0.430.